The minimum Gasteiger partial charge on any atom is -0.325 e. The number of hydrogen-bond donors (Lipinski definition) is 2. The second kappa shape index (κ2) is 9.04. The molecule has 0 atom stereocenters. The Morgan fingerprint density at radius 3 is 2.77 bits per heavy atom. The van der Waals surface area contributed by atoms with Gasteiger partial charge in [0.1, 0.15) is 0 Å². The van der Waals surface area contributed by atoms with Gasteiger partial charge in [0.05, 0.1) is 5.75 Å². The number of halogens is 1. The minimum absolute atomic E-state index is 0.137. The zero-order chi connectivity index (χ0) is 18.4. The summed E-state index contributed by atoms with van der Waals surface area (Å²) in [5, 5.41) is 9.85. The second-order valence-corrected chi connectivity index (χ2v) is 7.73. The predicted octanol–water partition coefficient (Wildman–Crippen LogP) is 3.15. The van der Waals surface area contributed by atoms with Crippen LogP contribution in [0.1, 0.15) is 5.56 Å². The molecule has 0 aliphatic rings. The lowest BCUT2D eigenvalue weighted by Crippen LogP contribution is -2.20. The summed E-state index contributed by atoms with van der Waals surface area (Å²) >= 11 is 3.44. The Labute approximate surface area is 168 Å². The van der Waals surface area contributed by atoms with Crippen molar-refractivity contribution >= 4 is 45.9 Å². The number of nitrogens with one attached hydrogen (secondary N) is 2. The van der Waals surface area contributed by atoms with Crippen molar-refractivity contribution in [3.05, 3.63) is 74.2 Å². The number of H-pyrrole nitrogens is 1. The molecule has 0 saturated carbocycles. The highest BCUT2D eigenvalue weighted by Crippen LogP contribution is 2.16. The Balaban J connectivity index is 1.58. The molecule has 26 heavy (non-hydrogen) atoms. The van der Waals surface area contributed by atoms with Crippen molar-refractivity contribution in [1.29, 1.82) is 0 Å². The largest absolute Gasteiger partial charge is 0.343 e. The number of hydrogen-bond acceptors (Lipinski definition) is 4. The van der Waals surface area contributed by atoms with Gasteiger partial charge in [-0.05, 0) is 52.8 Å². The fourth-order valence-electron chi connectivity index (χ4n) is 2.39. The van der Waals surface area contributed by atoms with Crippen LogP contribution in [0.15, 0.2) is 64.5 Å². The van der Waals surface area contributed by atoms with Crippen LogP contribution in [-0.2, 0) is 17.8 Å². The maximum absolute atomic E-state index is 12.1. The number of anilines is 1. The first-order valence-electron chi connectivity index (χ1n) is 7.99. The molecule has 8 heteroatoms. The molecule has 3 aromatic rings. The molecule has 0 aliphatic heterocycles. The maximum Gasteiger partial charge on any atom is 0.343 e. The van der Waals surface area contributed by atoms with Crippen molar-refractivity contribution in [2.24, 2.45) is 0 Å². The van der Waals surface area contributed by atoms with Gasteiger partial charge in [-0.1, -0.05) is 48.2 Å². The van der Waals surface area contributed by atoms with E-state index in [-0.39, 0.29) is 17.3 Å². The molecule has 1 amide bonds. The number of aryl methyl sites for hydroxylation is 1. The molecule has 0 fully saturated rings. The quantitative estimate of drug-likeness (QED) is 0.403. The Kier molecular flexibility index (Phi) is 6.51. The topological polar surface area (TPSA) is 79.8 Å². The van der Waals surface area contributed by atoms with Crippen LogP contribution >= 0.6 is 34.4 Å². The molecule has 2 N–H and O–H groups in total. The van der Waals surface area contributed by atoms with Crippen LogP contribution in [0.4, 0.5) is 5.69 Å². The maximum atomic E-state index is 12.1. The zero-order valence-corrected chi connectivity index (χ0v) is 16.8. The smallest absolute Gasteiger partial charge is 0.325 e. The third-order valence-corrected chi connectivity index (χ3v) is 5.28. The van der Waals surface area contributed by atoms with Crippen molar-refractivity contribution in [1.82, 2.24) is 14.8 Å². The van der Waals surface area contributed by atoms with Gasteiger partial charge < -0.3 is 5.32 Å². The van der Waals surface area contributed by atoms with Crippen LogP contribution in [0.5, 0.6) is 0 Å². The van der Waals surface area contributed by atoms with Crippen molar-refractivity contribution < 1.29 is 4.79 Å². The average Bonchev–Trinajstić information content (AvgIpc) is 2.99. The Bertz CT molecular complexity index is 940. The summed E-state index contributed by atoms with van der Waals surface area (Å²) in [6.07, 6.45) is 0.725. The molecular formula is C18H17IN4O2S. The predicted molar refractivity (Wildman–Crippen MR) is 112 cm³/mol. The van der Waals surface area contributed by atoms with Crippen molar-refractivity contribution in [3.8, 4) is 0 Å². The average molecular weight is 480 g/mol. The van der Waals surface area contributed by atoms with Gasteiger partial charge in [0.25, 0.3) is 0 Å². The van der Waals surface area contributed by atoms with Gasteiger partial charge in [-0.15, -0.1) is 5.10 Å². The summed E-state index contributed by atoms with van der Waals surface area (Å²) in [4.78, 5) is 24.1. The summed E-state index contributed by atoms with van der Waals surface area (Å²) in [6, 6.07) is 17.5. The number of carbonyl (C=O) groups excluding carboxylic acids is 1. The van der Waals surface area contributed by atoms with Gasteiger partial charge in [0.15, 0.2) is 5.16 Å². The van der Waals surface area contributed by atoms with Gasteiger partial charge in [0.2, 0.25) is 5.91 Å². The molecule has 0 unspecified atom stereocenters. The normalized spacial score (nSPS) is 10.7. The summed E-state index contributed by atoms with van der Waals surface area (Å²) in [5.41, 5.74) is 1.64. The Morgan fingerprint density at radius 1 is 1.19 bits per heavy atom. The van der Waals surface area contributed by atoms with Gasteiger partial charge in [-0.25, -0.2) is 9.89 Å². The number of carbonyl (C=O) groups is 1. The van der Waals surface area contributed by atoms with Gasteiger partial charge in [-0.3, -0.25) is 9.36 Å². The summed E-state index contributed by atoms with van der Waals surface area (Å²) in [7, 11) is 0. The number of thioether (sulfide) groups is 1. The van der Waals surface area contributed by atoms with Crippen LogP contribution < -0.4 is 11.0 Å². The van der Waals surface area contributed by atoms with E-state index in [1.807, 2.05) is 54.6 Å². The van der Waals surface area contributed by atoms with E-state index in [9.17, 15) is 9.59 Å². The lowest BCUT2D eigenvalue weighted by Gasteiger charge is -2.07. The molecule has 0 bridgehead atoms. The molecule has 1 heterocycles. The highest BCUT2D eigenvalue weighted by Gasteiger charge is 2.12. The van der Waals surface area contributed by atoms with Crippen molar-refractivity contribution in [2.45, 2.75) is 18.1 Å². The highest BCUT2D eigenvalue weighted by atomic mass is 127. The molecule has 2 aromatic carbocycles. The lowest BCUT2D eigenvalue weighted by molar-refractivity contribution is -0.113. The monoisotopic (exact) mass is 480 g/mol. The van der Waals surface area contributed by atoms with E-state index in [4.69, 9.17) is 0 Å². The molecule has 0 saturated heterocycles. The summed E-state index contributed by atoms with van der Waals surface area (Å²) < 4.78 is 2.62. The first kappa shape index (κ1) is 18.7. The van der Waals surface area contributed by atoms with E-state index in [0.29, 0.717) is 11.7 Å². The highest BCUT2D eigenvalue weighted by molar-refractivity contribution is 14.1. The number of benzene rings is 2. The van der Waals surface area contributed by atoms with Gasteiger partial charge >= 0.3 is 5.69 Å². The number of rotatable bonds is 7. The molecular weight excluding hydrogens is 463 g/mol. The Morgan fingerprint density at radius 2 is 2.00 bits per heavy atom. The lowest BCUT2D eigenvalue weighted by atomic mass is 10.1. The number of nitrogens with zero attached hydrogens (tertiary/aromatic N) is 2. The fourth-order valence-corrected chi connectivity index (χ4v) is 3.71. The first-order valence-corrected chi connectivity index (χ1v) is 10.1. The van der Waals surface area contributed by atoms with E-state index >= 15 is 0 Å². The van der Waals surface area contributed by atoms with Crippen LogP contribution in [-0.4, -0.2) is 26.4 Å². The zero-order valence-electron chi connectivity index (χ0n) is 13.8. The number of aromatic amines is 1. The molecule has 6 nitrogen and oxygen atoms in total. The van der Waals surface area contributed by atoms with Crippen molar-refractivity contribution in [2.75, 3.05) is 11.1 Å². The third-order valence-electron chi connectivity index (χ3n) is 3.63. The third kappa shape index (κ3) is 5.21. The fraction of sp³-hybridized carbons (Fsp3) is 0.167. The molecule has 3 rings (SSSR count). The van der Waals surface area contributed by atoms with Crippen LogP contribution in [0.25, 0.3) is 0 Å². The number of aromatic nitrogens is 3. The first-order chi connectivity index (χ1) is 12.6. The molecule has 1 aromatic heterocycles. The second-order valence-electron chi connectivity index (χ2n) is 5.55. The van der Waals surface area contributed by atoms with Crippen LogP contribution in [0.3, 0.4) is 0 Å². The van der Waals surface area contributed by atoms with E-state index in [2.05, 4.69) is 38.1 Å². The molecule has 134 valence electrons. The summed E-state index contributed by atoms with van der Waals surface area (Å²) in [5.74, 6) is 0.0447. The van der Waals surface area contributed by atoms with E-state index in [1.54, 1.807) is 4.57 Å². The molecule has 0 spiro atoms. The SMILES string of the molecule is O=C(CSc1n[nH]c(=O)n1CCc1ccccc1)Nc1cccc(I)c1. The number of amides is 1. The van der Waals surface area contributed by atoms with Crippen molar-refractivity contribution in [3.63, 3.8) is 0 Å². The Hall–Kier alpha value is -2.07. The summed E-state index contributed by atoms with van der Waals surface area (Å²) in [6.45, 7) is 0.514. The van der Waals surface area contributed by atoms with Crippen LogP contribution in [0, 0.1) is 3.57 Å². The van der Waals surface area contributed by atoms with Gasteiger partial charge in [-0.2, -0.15) is 0 Å². The molecule has 0 aliphatic carbocycles. The standard InChI is InChI=1S/C18H17IN4O2S/c19-14-7-4-8-15(11-14)20-16(24)12-26-18-22-21-17(25)23(18)10-9-13-5-2-1-3-6-13/h1-8,11H,9-10,12H2,(H,20,24)(H,21,25). The van der Waals surface area contributed by atoms with E-state index in [0.717, 1.165) is 21.2 Å². The van der Waals surface area contributed by atoms with E-state index < -0.39 is 0 Å². The van der Waals surface area contributed by atoms with E-state index in [1.165, 1.54) is 11.8 Å². The van der Waals surface area contributed by atoms with Gasteiger partial charge in [0, 0.05) is 15.8 Å². The van der Waals surface area contributed by atoms with Crippen LogP contribution in [0.2, 0.25) is 0 Å². The minimum atomic E-state index is -0.263. The molecule has 0 radical (unpaired) electrons.